The van der Waals surface area contributed by atoms with Crippen molar-refractivity contribution in [2.45, 2.75) is 25.8 Å². The normalized spacial score (nSPS) is 19.1. The Hall–Kier alpha value is -2.04. The Bertz CT molecular complexity index is 503. The van der Waals surface area contributed by atoms with Gasteiger partial charge in [-0.2, -0.15) is 0 Å². The first-order chi connectivity index (χ1) is 9.11. The molecule has 1 aromatic heterocycles. The highest BCUT2D eigenvalue weighted by Crippen LogP contribution is 2.19. The SMILES string of the molecule is COC(=O)C1CCCN1C(=O)/C=C/c1ccc(C)o1. The van der Waals surface area contributed by atoms with Gasteiger partial charge in [0.1, 0.15) is 17.6 Å². The number of ether oxygens (including phenoxy) is 1. The molecule has 1 unspecified atom stereocenters. The summed E-state index contributed by atoms with van der Waals surface area (Å²) in [7, 11) is 1.34. The molecule has 0 spiro atoms. The predicted octanol–water partition coefficient (Wildman–Crippen LogP) is 1.77. The minimum atomic E-state index is -0.458. The van der Waals surface area contributed by atoms with Crippen LogP contribution < -0.4 is 0 Å². The molecule has 0 radical (unpaired) electrons. The van der Waals surface area contributed by atoms with Gasteiger partial charge < -0.3 is 14.1 Å². The first-order valence-electron chi connectivity index (χ1n) is 6.25. The van der Waals surface area contributed by atoms with Crippen LogP contribution >= 0.6 is 0 Å². The zero-order valence-electron chi connectivity index (χ0n) is 11.1. The van der Waals surface area contributed by atoms with Gasteiger partial charge in [-0.15, -0.1) is 0 Å². The molecular formula is C14H17NO4. The second-order valence-corrected chi connectivity index (χ2v) is 4.49. The first kappa shape index (κ1) is 13.4. The summed E-state index contributed by atoms with van der Waals surface area (Å²) in [5.41, 5.74) is 0. The van der Waals surface area contributed by atoms with Crippen LogP contribution in [-0.4, -0.2) is 36.5 Å². The molecule has 0 N–H and O–H groups in total. The average molecular weight is 263 g/mol. The van der Waals surface area contributed by atoms with E-state index in [0.29, 0.717) is 18.7 Å². The number of aryl methyl sites for hydroxylation is 1. The topological polar surface area (TPSA) is 59.8 Å². The fraction of sp³-hybridized carbons (Fsp3) is 0.429. The van der Waals surface area contributed by atoms with E-state index in [4.69, 9.17) is 9.15 Å². The van der Waals surface area contributed by atoms with Crippen LogP contribution in [0, 0.1) is 6.92 Å². The Morgan fingerprint density at radius 1 is 1.47 bits per heavy atom. The number of amides is 1. The third kappa shape index (κ3) is 3.05. The Labute approximate surface area is 111 Å². The standard InChI is InChI=1S/C14H17NO4/c1-10-5-6-11(19-10)7-8-13(16)15-9-3-4-12(15)14(17)18-2/h5-8,12H,3-4,9H2,1-2H3/b8-7+. The molecule has 1 saturated heterocycles. The summed E-state index contributed by atoms with van der Waals surface area (Å²) in [5, 5.41) is 0. The van der Waals surface area contributed by atoms with Crippen molar-refractivity contribution >= 4 is 18.0 Å². The van der Waals surface area contributed by atoms with E-state index in [1.807, 2.05) is 13.0 Å². The van der Waals surface area contributed by atoms with Crippen molar-refractivity contribution in [2.24, 2.45) is 0 Å². The van der Waals surface area contributed by atoms with Crippen LogP contribution in [-0.2, 0) is 14.3 Å². The molecule has 5 heteroatoms. The maximum Gasteiger partial charge on any atom is 0.328 e. The summed E-state index contributed by atoms with van der Waals surface area (Å²) in [5.74, 6) is 0.871. The van der Waals surface area contributed by atoms with Crippen LogP contribution in [0.15, 0.2) is 22.6 Å². The van der Waals surface area contributed by atoms with Crippen molar-refractivity contribution in [1.29, 1.82) is 0 Å². The van der Waals surface area contributed by atoms with Gasteiger partial charge in [0.05, 0.1) is 7.11 Å². The number of hydrogen-bond acceptors (Lipinski definition) is 4. The van der Waals surface area contributed by atoms with E-state index in [9.17, 15) is 9.59 Å². The lowest BCUT2D eigenvalue weighted by atomic mass is 10.2. The van der Waals surface area contributed by atoms with Crippen LogP contribution in [0.3, 0.4) is 0 Å². The van der Waals surface area contributed by atoms with E-state index >= 15 is 0 Å². The molecule has 2 heterocycles. The first-order valence-corrected chi connectivity index (χ1v) is 6.25. The highest BCUT2D eigenvalue weighted by molar-refractivity contribution is 5.94. The number of carbonyl (C=O) groups is 2. The number of methoxy groups -OCH3 is 1. The number of nitrogens with zero attached hydrogens (tertiary/aromatic N) is 1. The summed E-state index contributed by atoms with van der Waals surface area (Å²) in [6.45, 7) is 2.42. The van der Waals surface area contributed by atoms with Gasteiger partial charge in [0.15, 0.2) is 0 Å². The third-order valence-corrected chi connectivity index (χ3v) is 3.16. The van der Waals surface area contributed by atoms with Crippen molar-refractivity contribution in [1.82, 2.24) is 4.90 Å². The molecule has 1 amide bonds. The van der Waals surface area contributed by atoms with Gasteiger partial charge in [-0.1, -0.05) is 0 Å². The van der Waals surface area contributed by atoms with Crippen LogP contribution in [0.4, 0.5) is 0 Å². The van der Waals surface area contributed by atoms with Gasteiger partial charge >= 0.3 is 5.97 Å². The zero-order valence-corrected chi connectivity index (χ0v) is 11.1. The fourth-order valence-corrected chi connectivity index (χ4v) is 2.20. The molecule has 19 heavy (non-hydrogen) atoms. The number of carbonyl (C=O) groups excluding carboxylic acids is 2. The number of esters is 1. The molecule has 0 bridgehead atoms. The van der Waals surface area contributed by atoms with Crippen molar-refractivity contribution in [3.8, 4) is 0 Å². The molecule has 1 aliphatic heterocycles. The molecule has 1 fully saturated rings. The summed E-state index contributed by atoms with van der Waals surface area (Å²) >= 11 is 0. The van der Waals surface area contributed by atoms with E-state index in [-0.39, 0.29) is 11.9 Å². The summed E-state index contributed by atoms with van der Waals surface area (Å²) in [6, 6.07) is 3.17. The van der Waals surface area contributed by atoms with Crippen LogP contribution in [0.5, 0.6) is 0 Å². The van der Waals surface area contributed by atoms with Gasteiger partial charge in [0.25, 0.3) is 0 Å². The van der Waals surface area contributed by atoms with E-state index in [1.54, 1.807) is 12.1 Å². The largest absolute Gasteiger partial charge is 0.467 e. The molecule has 0 aliphatic carbocycles. The van der Waals surface area contributed by atoms with Crippen LogP contribution in [0.2, 0.25) is 0 Å². The van der Waals surface area contributed by atoms with E-state index in [1.165, 1.54) is 18.1 Å². The maximum atomic E-state index is 12.0. The lowest BCUT2D eigenvalue weighted by Gasteiger charge is -2.20. The minimum absolute atomic E-state index is 0.193. The maximum absolute atomic E-state index is 12.0. The Balaban J connectivity index is 2.03. The molecule has 5 nitrogen and oxygen atoms in total. The molecule has 1 aromatic rings. The van der Waals surface area contributed by atoms with Gasteiger partial charge in [-0.25, -0.2) is 4.79 Å². The summed E-state index contributed by atoms with van der Waals surface area (Å²) < 4.78 is 10.0. The molecule has 2 rings (SSSR count). The van der Waals surface area contributed by atoms with E-state index in [0.717, 1.165) is 12.2 Å². The fourth-order valence-electron chi connectivity index (χ4n) is 2.20. The highest BCUT2D eigenvalue weighted by atomic mass is 16.5. The summed E-state index contributed by atoms with van der Waals surface area (Å²) in [4.78, 5) is 25.1. The van der Waals surface area contributed by atoms with Gasteiger partial charge in [-0.3, -0.25) is 4.79 Å². The number of likely N-dealkylation sites (tertiary alicyclic amines) is 1. The van der Waals surface area contributed by atoms with Crippen LogP contribution in [0.1, 0.15) is 24.4 Å². The molecule has 0 saturated carbocycles. The lowest BCUT2D eigenvalue weighted by Crippen LogP contribution is -2.40. The third-order valence-electron chi connectivity index (χ3n) is 3.16. The highest BCUT2D eigenvalue weighted by Gasteiger charge is 2.33. The average Bonchev–Trinajstić information content (AvgIpc) is 3.03. The minimum Gasteiger partial charge on any atom is -0.467 e. The van der Waals surface area contributed by atoms with Crippen molar-refractivity contribution < 1.29 is 18.7 Å². The van der Waals surface area contributed by atoms with Crippen molar-refractivity contribution in [3.05, 3.63) is 29.7 Å². The Kier molecular flexibility index (Phi) is 4.04. The Morgan fingerprint density at radius 3 is 2.89 bits per heavy atom. The number of rotatable bonds is 3. The number of furan rings is 1. The molecule has 0 aromatic carbocycles. The second-order valence-electron chi connectivity index (χ2n) is 4.49. The van der Waals surface area contributed by atoms with Crippen molar-refractivity contribution in [3.63, 3.8) is 0 Å². The molecule has 102 valence electrons. The summed E-state index contributed by atoms with van der Waals surface area (Å²) in [6.07, 6.45) is 4.52. The quantitative estimate of drug-likeness (QED) is 0.616. The van der Waals surface area contributed by atoms with E-state index in [2.05, 4.69) is 0 Å². The van der Waals surface area contributed by atoms with Gasteiger partial charge in [0.2, 0.25) is 5.91 Å². The predicted molar refractivity (Wildman–Crippen MR) is 69.2 cm³/mol. The Morgan fingerprint density at radius 2 is 2.26 bits per heavy atom. The zero-order chi connectivity index (χ0) is 13.8. The van der Waals surface area contributed by atoms with Crippen molar-refractivity contribution in [2.75, 3.05) is 13.7 Å². The van der Waals surface area contributed by atoms with Gasteiger partial charge in [0, 0.05) is 12.6 Å². The second kappa shape index (κ2) is 5.73. The number of hydrogen-bond donors (Lipinski definition) is 0. The molecule has 1 atom stereocenters. The van der Waals surface area contributed by atoms with Gasteiger partial charge in [-0.05, 0) is 38.0 Å². The smallest absolute Gasteiger partial charge is 0.328 e. The molecule has 1 aliphatic rings. The van der Waals surface area contributed by atoms with E-state index < -0.39 is 6.04 Å². The van der Waals surface area contributed by atoms with Crippen LogP contribution in [0.25, 0.3) is 6.08 Å². The molecular weight excluding hydrogens is 246 g/mol. The monoisotopic (exact) mass is 263 g/mol. The lowest BCUT2D eigenvalue weighted by molar-refractivity contribution is -0.149.